The molecule has 3 aromatic rings. The zero-order valence-corrected chi connectivity index (χ0v) is 22.5. The fourth-order valence-electron chi connectivity index (χ4n) is 5.32. The number of hydrogen-bond acceptors (Lipinski definition) is 8. The maximum Gasteiger partial charge on any atom is 0.308 e. The minimum absolute atomic E-state index is 0.171. The predicted octanol–water partition coefficient (Wildman–Crippen LogP) is 2.71. The monoisotopic (exact) mass is 569 g/mol. The highest BCUT2D eigenvalue weighted by Gasteiger charge is 2.56. The van der Waals surface area contributed by atoms with E-state index in [1.54, 1.807) is 41.3 Å². The summed E-state index contributed by atoms with van der Waals surface area (Å²) in [5.41, 5.74) is 1.04. The Kier molecular flexibility index (Phi) is 6.77. The standard InChI is InChI=1S/C27H24FN3O6S2/c1-36-18-8-6-17(7-9-18)31-24(33)21-20(15-2-4-16(28)5-3-15)23-26(38-22(21)25(31)34)30(27(35)39-23)14-19(32)29-10-12-37-13-11-29/h2-9,20-22H,10-14H2,1H3. The number of amides is 3. The van der Waals surface area contributed by atoms with Gasteiger partial charge in [0.1, 0.15) is 23.4 Å². The number of halogens is 1. The van der Waals surface area contributed by atoms with E-state index < -0.39 is 28.8 Å². The number of rotatable bonds is 5. The third kappa shape index (κ3) is 4.46. The number of imide groups is 1. The fraction of sp³-hybridized carbons (Fsp3) is 0.333. The number of thioether (sulfide) groups is 1. The minimum Gasteiger partial charge on any atom is -0.497 e. The van der Waals surface area contributed by atoms with Crippen molar-refractivity contribution >= 4 is 46.5 Å². The van der Waals surface area contributed by atoms with E-state index >= 15 is 0 Å². The second-order valence-electron chi connectivity index (χ2n) is 9.42. The van der Waals surface area contributed by atoms with E-state index in [0.717, 1.165) is 23.1 Å². The summed E-state index contributed by atoms with van der Waals surface area (Å²) in [5.74, 6) is -2.30. The van der Waals surface area contributed by atoms with Crippen LogP contribution in [0.1, 0.15) is 16.4 Å². The highest BCUT2D eigenvalue weighted by atomic mass is 32.2. The van der Waals surface area contributed by atoms with Gasteiger partial charge in [0.15, 0.2) is 0 Å². The molecule has 2 saturated heterocycles. The van der Waals surface area contributed by atoms with Crippen LogP contribution in [0.5, 0.6) is 5.75 Å². The number of methoxy groups -OCH3 is 1. The molecule has 9 nitrogen and oxygen atoms in total. The molecule has 4 heterocycles. The van der Waals surface area contributed by atoms with Crippen molar-refractivity contribution in [3.8, 4) is 5.75 Å². The molecular formula is C27H24FN3O6S2. The molecule has 3 atom stereocenters. The van der Waals surface area contributed by atoms with Crippen LogP contribution in [0.25, 0.3) is 0 Å². The van der Waals surface area contributed by atoms with E-state index in [4.69, 9.17) is 9.47 Å². The van der Waals surface area contributed by atoms with Gasteiger partial charge in [-0.25, -0.2) is 9.29 Å². The lowest BCUT2D eigenvalue weighted by Crippen LogP contribution is -2.43. The molecule has 12 heteroatoms. The SMILES string of the molecule is COc1ccc(N2C(=O)C3Sc4c(sc(=O)n4CC(=O)N4CCOCC4)C(c4ccc(F)cc4)C3C2=O)cc1. The van der Waals surface area contributed by atoms with Gasteiger partial charge in [-0.2, -0.15) is 0 Å². The Hall–Kier alpha value is -3.48. The molecule has 3 aliphatic heterocycles. The van der Waals surface area contributed by atoms with Gasteiger partial charge in [-0.15, -0.1) is 0 Å². The molecule has 1 aromatic heterocycles. The van der Waals surface area contributed by atoms with Gasteiger partial charge in [0.05, 0.1) is 37.0 Å². The first-order valence-electron chi connectivity index (χ1n) is 12.4. The van der Waals surface area contributed by atoms with Gasteiger partial charge in [-0.1, -0.05) is 35.2 Å². The Balaban J connectivity index is 1.42. The number of carbonyl (C=O) groups is 3. The Morgan fingerprint density at radius 3 is 2.38 bits per heavy atom. The summed E-state index contributed by atoms with van der Waals surface area (Å²) in [7, 11) is 1.53. The minimum atomic E-state index is -0.819. The average molecular weight is 570 g/mol. The summed E-state index contributed by atoms with van der Waals surface area (Å²) in [6.07, 6.45) is 0. The number of carbonyl (C=O) groups excluding carboxylic acids is 3. The van der Waals surface area contributed by atoms with E-state index in [-0.39, 0.29) is 23.2 Å². The van der Waals surface area contributed by atoms with E-state index in [1.807, 2.05) is 0 Å². The Labute approximate surface area is 231 Å². The van der Waals surface area contributed by atoms with Crippen LogP contribution in [-0.2, 0) is 25.7 Å². The van der Waals surface area contributed by atoms with Crippen molar-refractivity contribution in [2.24, 2.45) is 5.92 Å². The van der Waals surface area contributed by atoms with E-state index in [0.29, 0.717) is 53.2 Å². The van der Waals surface area contributed by atoms with Crippen LogP contribution in [0.4, 0.5) is 10.1 Å². The largest absolute Gasteiger partial charge is 0.497 e. The molecule has 202 valence electrons. The molecule has 2 fully saturated rings. The van der Waals surface area contributed by atoms with Crippen LogP contribution in [0.2, 0.25) is 0 Å². The Bertz CT molecular complexity index is 1500. The number of benzene rings is 2. The molecule has 0 N–H and O–H groups in total. The van der Waals surface area contributed by atoms with Crippen LogP contribution in [0.3, 0.4) is 0 Å². The average Bonchev–Trinajstić information content (AvgIpc) is 3.40. The molecule has 3 aliphatic rings. The molecule has 0 spiro atoms. The van der Waals surface area contributed by atoms with Crippen LogP contribution >= 0.6 is 23.1 Å². The van der Waals surface area contributed by atoms with E-state index in [1.165, 1.54) is 28.7 Å². The molecular weight excluding hydrogens is 545 g/mol. The zero-order chi connectivity index (χ0) is 27.3. The second-order valence-corrected chi connectivity index (χ2v) is 11.5. The molecule has 2 aromatic carbocycles. The molecule has 39 heavy (non-hydrogen) atoms. The maximum absolute atomic E-state index is 13.9. The van der Waals surface area contributed by atoms with E-state index in [9.17, 15) is 23.6 Å². The van der Waals surface area contributed by atoms with Gasteiger partial charge < -0.3 is 14.4 Å². The quantitative estimate of drug-likeness (QED) is 0.436. The third-order valence-corrected chi connectivity index (χ3v) is 9.87. The van der Waals surface area contributed by atoms with Gasteiger partial charge in [-0.3, -0.25) is 23.7 Å². The first kappa shape index (κ1) is 25.8. The number of thiazole rings is 1. The molecule has 0 saturated carbocycles. The topological polar surface area (TPSA) is 98.2 Å². The fourth-order valence-corrected chi connectivity index (χ4v) is 8.09. The molecule has 3 unspecified atom stereocenters. The number of morpholine rings is 1. The molecule has 0 bridgehead atoms. The maximum atomic E-state index is 13.9. The number of nitrogens with zero attached hydrogens (tertiary/aromatic N) is 3. The summed E-state index contributed by atoms with van der Waals surface area (Å²) in [6, 6.07) is 12.4. The highest BCUT2D eigenvalue weighted by molar-refractivity contribution is 8.00. The highest BCUT2D eigenvalue weighted by Crippen LogP contribution is 2.53. The summed E-state index contributed by atoms with van der Waals surface area (Å²) in [6.45, 7) is 1.59. The number of anilines is 1. The lowest BCUT2D eigenvalue weighted by Gasteiger charge is -2.31. The van der Waals surface area contributed by atoms with Crippen LogP contribution < -0.4 is 14.5 Å². The Morgan fingerprint density at radius 1 is 1.03 bits per heavy atom. The smallest absolute Gasteiger partial charge is 0.308 e. The van der Waals surface area contributed by atoms with Crippen LogP contribution in [0.15, 0.2) is 58.4 Å². The predicted molar refractivity (Wildman–Crippen MR) is 143 cm³/mol. The molecule has 0 radical (unpaired) electrons. The van der Waals surface area contributed by atoms with Gasteiger partial charge in [-0.05, 0) is 42.0 Å². The van der Waals surface area contributed by atoms with Gasteiger partial charge in [0, 0.05) is 23.9 Å². The summed E-state index contributed by atoms with van der Waals surface area (Å²) < 4.78 is 25.8. The zero-order valence-electron chi connectivity index (χ0n) is 20.9. The van der Waals surface area contributed by atoms with Gasteiger partial charge in [0.2, 0.25) is 17.7 Å². The molecule has 0 aliphatic carbocycles. The second kappa shape index (κ2) is 10.2. The van der Waals surface area contributed by atoms with Crippen LogP contribution in [-0.4, -0.2) is 65.9 Å². The van der Waals surface area contributed by atoms with Crippen molar-refractivity contribution < 1.29 is 28.2 Å². The van der Waals surface area contributed by atoms with Crippen molar-refractivity contribution in [1.82, 2.24) is 9.47 Å². The first-order chi connectivity index (χ1) is 18.9. The third-order valence-electron chi connectivity index (χ3n) is 7.27. The van der Waals surface area contributed by atoms with Crippen LogP contribution in [0, 0.1) is 11.7 Å². The van der Waals surface area contributed by atoms with Crippen molar-refractivity contribution in [1.29, 1.82) is 0 Å². The lowest BCUT2D eigenvalue weighted by atomic mass is 9.83. The number of ether oxygens (including phenoxy) is 2. The van der Waals surface area contributed by atoms with E-state index in [2.05, 4.69) is 0 Å². The number of fused-ring (bicyclic) bond motifs is 2. The molecule has 3 amide bonds. The summed E-state index contributed by atoms with van der Waals surface area (Å²) in [4.78, 5) is 57.0. The van der Waals surface area contributed by atoms with Gasteiger partial charge >= 0.3 is 4.87 Å². The number of aromatic nitrogens is 1. The van der Waals surface area contributed by atoms with Crippen molar-refractivity contribution in [3.05, 3.63) is 74.5 Å². The van der Waals surface area contributed by atoms with Gasteiger partial charge in [0.25, 0.3) is 0 Å². The van der Waals surface area contributed by atoms with Crippen molar-refractivity contribution in [3.63, 3.8) is 0 Å². The Morgan fingerprint density at radius 2 is 1.72 bits per heavy atom. The summed E-state index contributed by atoms with van der Waals surface area (Å²) in [5, 5.41) is -0.319. The summed E-state index contributed by atoms with van der Waals surface area (Å²) >= 11 is 2.12. The lowest BCUT2D eigenvalue weighted by molar-refractivity contribution is -0.136. The molecule has 6 rings (SSSR count). The van der Waals surface area contributed by atoms with Crippen molar-refractivity contribution in [2.75, 3.05) is 38.3 Å². The van der Waals surface area contributed by atoms with Crippen molar-refractivity contribution in [2.45, 2.75) is 22.7 Å². The number of hydrogen-bond donors (Lipinski definition) is 0. The normalized spacial score (nSPS) is 22.6. The first-order valence-corrected chi connectivity index (χ1v) is 14.1.